The quantitative estimate of drug-likeness (QED) is 0.785. The molecule has 5 nitrogen and oxygen atoms in total. The third-order valence-electron chi connectivity index (χ3n) is 3.43. The Kier molecular flexibility index (Phi) is 7.69. The summed E-state index contributed by atoms with van der Waals surface area (Å²) in [6.07, 6.45) is 0. The van der Waals surface area contributed by atoms with Crippen molar-refractivity contribution in [3.8, 4) is 11.5 Å². The van der Waals surface area contributed by atoms with Gasteiger partial charge in [-0.25, -0.2) is 13.1 Å². The number of hydrogen-bond donors (Lipinski definition) is 2. The lowest BCUT2D eigenvalue weighted by Gasteiger charge is -2.12. The van der Waals surface area contributed by atoms with Crippen LogP contribution in [0, 0.1) is 6.92 Å². The van der Waals surface area contributed by atoms with Crippen molar-refractivity contribution in [1.82, 2.24) is 10.0 Å². The molecule has 0 aromatic heterocycles. The van der Waals surface area contributed by atoms with E-state index in [0.29, 0.717) is 12.3 Å². The predicted molar refractivity (Wildman–Crippen MR) is 98.7 cm³/mol. The Labute approximate surface area is 149 Å². The first-order valence-corrected chi connectivity index (χ1v) is 8.90. The number of ether oxygens (including phenoxy) is 1. The van der Waals surface area contributed by atoms with E-state index in [1.807, 2.05) is 38.1 Å². The molecule has 7 heteroatoms. The van der Waals surface area contributed by atoms with E-state index in [1.165, 1.54) is 12.1 Å². The molecule has 0 aliphatic carbocycles. The molecule has 0 aliphatic heterocycles. The highest BCUT2D eigenvalue weighted by Crippen LogP contribution is 2.23. The lowest BCUT2D eigenvalue weighted by atomic mass is 10.2. The molecule has 24 heavy (non-hydrogen) atoms. The molecule has 1 unspecified atom stereocenters. The van der Waals surface area contributed by atoms with Gasteiger partial charge < -0.3 is 10.1 Å². The van der Waals surface area contributed by atoms with E-state index in [4.69, 9.17) is 4.74 Å². The molecule has 0 heterocycles. The fourth-order valence-corrected chi connectivity index (χ4v) is 3.05. The smallest absolute Gasteiger partial charge is 0.240 e. The van der Waals surface area contributed by atoms with Crippen LogP contribution in [-0.4, -0.2) is 28.1 Å². The van der Waals surface area contributed by atoms with Gasteiger partial charge in [0.05, 0.1) is 4.90 Å². The van der Waals surface area contributed by atoms with Crippen LogP contribution in [0.2, 0.25) is 0 Å². The van der Waals surface area contributed by atoms with Gasteiger partial charge in [0.2, 0.25) is 10.0 Å². The summed E-state index contributed by atoms with van der Waals surface area (Å²) < 4.78 is 32.7. The summed E-state index contributed by atoms with van der Waals surface area (Å²) in [4.78, 5) is 0.220. The minimum Gasteiger partial charge on any atom is -0.457 e. The van der Waals surface area contributed by atoms with Crippen molar-refractivity contribution < 1.29 is 13.2 Å². The second-order valence-electron chi connectivity index (χ2n) is 5.43. The van der Waals surface area contributed by atoms with E-state index in [1.54, 1.807) is 19.2 Å². The van der Waals surface area contributed by atoms with Gasteiger partial charge in [0.25, 0.3) is 0 Å². The third kappa shape index (κ3) is 5.79. The zero-order valence-electron chi connectivity index (χ0n) is 13.9. The van der Waals surface area contributed by atoms with E-state index >= 15 is 0 Å². The monoisotopic (exact) mass is 370 g/mol. The van der Waals surface area contributed by atoms with E-state index in [-0.39, 0.29) is 23.3 Å². The largest absolute Gasteiger partial charge is 0.457 e. The molecule has 2 N–H and O–H groups in total. The van der Waals surface area contributed by atoms with E-state index < -0.39 is 10.0 Å². The Morgan fingerprint density at radius 1 is 1.08 bits per heavy atom. The minimum absolute atomic E-state index is 0. The van der Waals surface area contributed by atoms with Gasteiger partial charge in [-0.1, -0.05) is 12.1 Å². The highest BCUT2D eigenvalue weighted by Gasteiger charge is 2.14. The first-order chi connectivity index (χ1) is 10.9. The first kappa shape index (κ1) is 20.4. The van der Waals surface area contributed by atoms with Crippen molar-refractivity contribution in [3.63, 3.8) is 0 Å². The van der Waals surface area contributed by atoms with Crippen molar-refractivity contribution in [1.29, 1.82) is 0 Å². The average Bonchev–Trinajstić information content (AvgIpc) is 2.53. The van der Waals surface area contributed by atoms with Crippen molar-refractivity contribution in [2.75, 3.05) is 13.6 Å². The van der Waals surface area contributed by atoms with Crippen LogP contribution >= 0.6 is 12.4 Å². The molecule has 0 aliphatic rings. The molecule has 2 rings (SSSR count). The maximum absolute atomic E-state index is 12.2. The lowest BCUT2D eigenvalue weighted by Crippen LogP contribution is -2.37. The number of halogens is 1. The maximum Gasteiger partial charge on any atom is 0.240 e. The number of hydrogen-bond acceptors (Lipinski definition) is 4. The number of rotatable bonds is 7. The van der Waals surface area contributed by atoms with Crippen molar-refractivity contribution in [2.45, 2.75) is 24.8 Å². The predicted octanol–water partition coefficient (Wildman–Crippen LogP) is 3.10. The standard InChI is InChI=1S/C17H22N2O3S.ClH/c1-13-5-4-6-16(11-13)22-15-7-9-17(10-8-15)23(20,21)19-12-14(2)18-3;/h4-11,14,18-19H,12H2,1-3H3;1H. The van der Waals surface area contributed by atoms with Crippen LogP contribution < -0.4 is 14.8 Å². The number of likely N-dealkylation sites (N-methyl/N-ethyl adjacent to an activating group) is 1. The molecular formula is C17H23ClN2O3S. The Balaban J connectivity index is 0.00000288. The number of sulfonamides is 1. The summed E-state index contributed by atoms with van der Waals surface area (Å²) in [6, 6.07) is 14.1. The Morgan fingerprint density at radius 3 is 2.33 bits per heavy atom. The van der Waals surface area contributed by atoms with Crippen LogP contribution in [0.1, 0.15) is 12.5 Å². The highest BCUT2D eigenvalue weighted by atomic mass is 35.5. The summed E-state index contributed by atoms with van der Waals surface area (Å²) in [5.41, 5.74) is 1.10. The number of nitrogens with one attached hydrogen (secondary N) is 2. The summed E-state index contributed by atoms with van der Waals surface area (Å²) >= 11 is 0. The zero-order chi connectivity index (χ0) is 16.9. The van der Waals surface area contributed by atoms with Gasteiger partial charge in [-0.05, 0) is 62.9 Å². The van der Waals surface area contributed by atoms with Gasteiger partial charge in [0.15, 0.2) is 0 Å². The van der Waals surface area contributed by atoms with Crippen LogP contribution in [0.3, 0.4) is 0 Å². The second-order valence-corrected chi connectivity index (χ2v) is 7.20. The molecule has 0 bridgehead atoms. The Morgan fingerprint density at radius 2 is 1.75 bits per heavy atom. The highest BCUT2D eigenvalue weighted by molar-refractivity contribution is 7.89. The third-order valence-corrected chi connectivity index (χ3v) is 4.87. The minimum atomic E-state index is -3.51. The summed E-state index contributed by atoms with van der Waals surface area (Å²) in [5, 5.41) is 2.98. The molecule has 0 spiro atoms. The summed E-state index contributed by atoms with van der Waals surface area (Å²) in [7, 11) is -1.72. The fraction of sp³-hybridized carbons (Fsp3) is 0.294. The van der Waals surface area contributed by atoms with E-state index in [9.17, 15) is 8.42 Å². The molecule has 0 saturated carbocycles. The van der Waals surface area contributed by atoms with Gasteiger partial charge >= 0.3 is 0 Å². The second kappa shape index (κ2) is 9.03. The Bertz CT molecular complexity index is 749. The van der Waals surface area contributed by atoms with Crippen molar-refractivity contribution >= 4 is 22.4 Å². The molecule has 2 aromatic carbocycles. The molecule has 2 aromatic rings. The van der Waals surface area contributed by atoms with Crippen LogP contribution in [0.15, 0.2) is 53.4 Å². The number of aryl methyl sites for hydroxylation is 1. The zero-order valence-corrected chi connectivity index (χ0v) is 15.6. The van der Waals surface area contributed by atoms with Crippen LogP contribution in [-0.2, 0) is 10.0 Å². The summed E-state index contributed by atoms with van der Waals surface area (Å²) in [6.45, 7) is 4.22. The topological polar surface area (TPSA) is 67.4 Å². The molecule has 1 atom stereocenters. The van der Waals surface area contributed by atoms with Crippen LogP contribution in [0.4, 0.5) is 0 Å². The van der Waals surface area contributed by atoms with Crippen molar-refractivity contribution in [2.24, 2.45) is 0 Å². The fourth-order valence-electron chi connectivity index (χ4n) is 1.92. The lowest BCUT2D eigenvalue weighted by molar-refractivity contribution is 0.481. The van der Waals surface area contributed by atoms with Crippen molar-refractivity contribution in [3.05, 3.63) is 54.1 Å². The van der Waals surface area contributed by atoms with Gasteiger partial charge in [-0.3, -0.25) is 0 Å². The molecule has 0 fully saturated rings. The average molecular weight is 371 g/mol. The van der Waals surface area contributed by atoms with Crippen LogP contribution in [0.25, 0.3) is 0 Å². The van der Waals surface area contributed by atoms with Gasteiger partial charge in [-0.15, -0.1) is 12.4 Å². The molecule has 0 radical (unpaired) electrons. The van der Waals surface area contributed by atoms with Gasteiger partial charge in [-0.2, -0.15) is 0 Å². The number of benzene rings is 2. The Hall–Kier alpha value is -1.60. The SMILES string of the molecule is CNC(C)CNS(=O)(=O)c1ccc(Oc2cccc(C)c2)cc1.Cl. The normalized spacial score (nSPS) is 12.3. The van der Waals surface area contributed by atoms with E-state index in [2.05, 4.69) is 10.0 Å². The summed E-state index contributed by atoms with van der Waals surface area (Å²) in [5.74, 6) is 1.32. The molecular weight excluding hydrogens is 348 g/mol. The molecule has 0 saturated heterocycles. The van der Waals surface area contributed by atoms with Crippen LogP contribution in [0.5, 0.6) is 11.5 Å². The van der Waals surface area contributed by atoms with E-state index in [0.717, 1.165) is 11.3 Å². The maximum atomic E-state index is 12.2. The van der Waals surface area contributed by atoms with Gasteiger partial charge in [0.1, 0.15) is 11.5 Å². The van der Waals surface area contributed by atoms with Gasteiger partial charge in [0, 0.05) is 12.6 Å². The molecule has 132 valence electrons. The first-order valence-electron chi connectivity index (χ1n) is 7.42. The molecule has 0 amide bonds.